The first-order valence-corrected chi connectivity index (χ1v) is 9.16. The molecule has 2 heterocycles. The molecule has 4 nitrogen and oxygen atoms in total. The molecule has 1 aliphatic rings. The Bertz CT molecular complexity index is 630. The fraction of sp³-hybridized carbons (Fsp3) is 0.421. The fourth-order valence-corrected chi connectivity index (χ4v) is 3.56. The zero-order valence-corrected chi connectivity index (χ0v) is 15.7. The maximum Gasteiger partial charge on any atom is 0.0947 e. The van der Waals surface area contributed by atoms with Crippen LogP contribution in [0.1, 0.15) is 17.2 Å². The van der Waals surface area contributed by atoms with E-state index in [1.165, 1.54) is 11.1 Å². The van der Waals surface area contributed by atoms with Crippen LogP contribution >= 0.6 is 15.9 Å². The SMILES string of the molecule is COC(CN1CCN(Cc2cncc(Br)c2)CC1)c1ccccc1. The number of aromatic nitrogens is 1. The Morgan fingerprint density at radius 3 is 2.46 bits per heavy atom. The topological polar surface area (TPSA) is 28.6 Å². The molecule has 0 bridgehead atoms. The fourth-order valence-electron chi connectivity index (χ4n) is 3.15. The number of ether oxygens (including phenoxy) is 1. The molecule has 1 unspecified atom stereocenters. The van der Waals surface area contributed by atoms with Crippen LogP contribution in [0.15, 0.2) is 53.3 Å². The zero-order valence-electron chi connectivity index (χ0n) is 14.1. The van der Waals surface area contributed by atoms with Crippen molar-refractivity contribution in [3.8, 4) is 0 Å². The lowest BCUT2D eigenvalue weighted by molar-refractivity contribution is 0.0405. The van der Waals surface area contributed by atoms with Gasteiger partial charge in [-0.3, -0.25) is 14.8 Å². The van der Waals surface area contributed by atoms with E-state index in [0.29, 0.717) is 0 Å². The number of benzene rings is 1. The molecule has 0 aliphatic carbocycles. The van der Waals surface area contributed by atoms with Gasteiger partial charge in [0.15, 0.2) is 0 Å². The van der Waals surface area contributed by atoms with Crippen LogP contribution in [0.2, 0.25) is 0 Å². The first-order chi connectivity index (χ1) is 11.7. The van der Waals surface area contributed by atoms with Gasteiger partial charge in [-0.25, -0.2) is 0 Å². The molecule has 0 amide bonds. The number of piperazine rings is 1. The summed E-state index contributed by atoms with van der Waals surface area (Å²) < 4.78 is 6.75. The van der Waals surface area contributed by atoms with E-state index >= 15 is 0 Å². The smallest absolute Gasteiger partial charge is 0.0947 e. The molecular formula is C19H24BrN3O. The van der Waals surface area contributed by atoms with Crippen molar-refractivity contribution in [2.24, 2.45) is 0 Å². The summed E-state index contributed by atoms with van der Waals surface area (Å²) in [6.45, 7) is 6.23. The molecule has 1 atom stereocenters. The van der Waals surface area contributed by atoms with Gasteiger partial charge in [0.05, 0.1) is 6.10 Å². The third kappa shape index (κ3) is 4.86. The Morgan fingerprint density at radius 1 is 1.08 bits per heavy atom. The molecule has 0 radical (unpaired) electrons. The van der Waals surface area contributed by atoms with Gasteiger partial charge in [-0.1, -0.05) is 30.3 Å². The molecule has 1 saturated heterocycles. The molecular weight excluding hydrogens is 366 g/mol. The summed E-state index contributed by atoms with van der Waals surface area (Å²) in [5, 5.41) is 0. The molecule has 0 N–H and O–H groups in total. The number of pyridine rings is 1. The van der Waals surface area contributed by atoms with Crippen LogP contribution in [0.3, 0.4) is 0 Å². The van der Waals surface area contributed by atoms with Crippen LogP contribution in [-0.2, 0) is 11.3 Å². The maximum atomic E-state index is 5.71. The Kier molecular flexibility index (Phi) is 6.37. The van der Waals surface area contributed by atoms with Crippen molar-refractivity contribution in [1.29, 1.82) is 0 Å². The molecule has 24 heavy (non-hydrogen) atoms. The predicted molar refractivity (Wildman–Crippen MR) is 99.8 cm³/mol. The number of nitrogens with zero attached hydrogens (tertiary/aromatic N) is 3. The third-order valence-corrected chi connectivity index (χ3v) is 4.95. The van der Waals surface area contributed by atoms with Gasteiger partial charge in [0.25, 0.3) is 0 Å². The van der Waals surface area contributed by atoms with E-state index in [2.05, 4.69) is 61.0 Å². The van der Waals surface area contributed by atoms with E-state index in [1.54, 1.807) is 7.11 Å². The van der Waals surface area contributed by atoms with Gasteiger partial charge in [-0.05, 0) is 33.1 Å². The molecule has 0 saturated carbocycles. The lowest BCUT2D eigenvalue weighted by Gasteiger charge is -2.36. The normalized spacial score (nSPS) is 17.8. The molecule has 2 aromatic rings. The lowest BCUT2D eigenvalue weighted by atomic mass is 10.1. The van der Waals surface area contributed by atoms with Gasteiger partial charge in [0.2, 0.25) is 0 Å². The highest BCUT2D eigenvalue weighted by Gasteiger charge is 2.21. The minimum Gasteiger partial charge on any atom is -0.375 e. The quantitative estimate of drug-likeness (QED) is 0.757. The van der Waals surface area contributed by atoms with Crippen LogP contribution in [0.4, 0.5) is 0 Å². The average Bonchev–Trinajstić information content (AvgIpc) is 2.62. The van der Waals surface area contributed by atoms with Gasteiger partial charge in [-0.15, -0.1) is 0 Å². The second-order valence-corrected chi connectivity index (χ2v) is 7.14. The van der Waals surface area contributed by atoms with Gasteiger partial charge >= 0.3 is 0 Å². The van der Waals surface area contributed by atoms with Crippen molar-refractivity contribution >= 4 is 15.9 Å². The molecule has 5 heteroatoms. The van der Waals surface area contributed by atoms with Crippen LogP contribution < -0.4 is 0 Å². The number of methoxy groups -OCH3 is 1. The Hall–Kier alpha value is -1.27. The van der Waals surface area contributed by atoms with Crippen LogP contribution in [0.25, 0.3) is 0 Å². The van der Waals surface area contributed by atoms with Crippen molar-refractivity contribution in [3.63, 3.8) is 0 Å². The van der Waals surface area contributed by atoms with E-state index in [-0.39, 0.29) is 6.10 Å². The van der Waals surface area contributed by atoms with Gasteiger partial charge in [0, 0.05) is 63.2 Å². The Labute approximate surface area is 152 Å². The number of rotatable bonds is 6. The van der Waals surface area contributed by atoms with E-state index in [1.807, 2.05) is 18.5 Å². The molecule has 0 spiro atoms. The summed E-state index contributed by atoms with van der Waals surface area (Å²) in [6, 6.07) is 12.6. The highest BCUT2D eigenvalue weighted by Crippen LogP contribution is 2.19. The van der Waals surface area contributed by atoms with Gasteiger partial charge in [-0.2, -0.15) is 0 Å². The first kappa shape index (κ1) is 17.5. The van der Waals surface area contributed by atoms with E-state index in [4.69, 9.17) is 4.74 Å². The van der Waals surface area contributed by atoms with E-state index in [0.717, 1.165) is 43.7 Å². The van der Waals surface area contributed by atoms with E-state index in [9.17, 15) is 0 Å². The molecule has 1 aromatic heterocycles. The molecule has 128 valence electrons. The Morgan fingerprint density at radius 2 is 1.79 bits per heavy atom. The van der Waals surface area contributed by atoms with Crippen molar-refractivity contribution in [1.82, 2.24) is 14.8 Å². The second kappa shape index (κ2) is 8.72. The van der Waals surface area contributed by atoms with Crippen LogP contribution in [0, 0.1) is 0 Å². The minimum atomic E-state index is 0.145. The first-order valence-electron chi connectivity index (χ1n) is 8.36. The monoisotopic (exact) mass is 389 g/mol. The highest BCUT2D eigenvalue weighted by atomic mass is 79.9. The summed E-state index contributed by atoms with van der Waals surface area (Å²) in [6.07, 6.45) is 3.93. The van der Waals surface area contributed by atoms with Crippen molar-refractivity contribution < 1.29 is 4.74 Å². The summed E-state index contributed by atoms with van der Waals surface area (Å²) in [4.78, 5) is 9.24. The standard InChI is InChI=1S/C19H24BrN3O/c1-24-19(17-5-3-2-4-6-17)15-23-9-7-22(8-10-23)14-16-11-18(20)13-21-12-16/h2-6,11-13,19H,7-10,14-15H2,1H3. The van der Waals surface area contributed by atoms with Crippen molar-refractivity contribution in [2.45, 2.75) is 12.6 Å². The molecule has 1 aromatic carbocycles. The molecule has 3 rings (SSSR count). The molecule has 1 fully saturated rings. The summed E-state index contributed by atoms with van der Waals surface area (Å²) in [7, 11) is 1.80. The van der Waals surface area contributed by atoms with Crippen molar-refractivity contribution in [2.75, 3.05) is 39.8 Å². The number of halogens is 1. The summed E-state index contributed by atoms with van der Waals surface area (Å²) in [5.74, 6) is 0. The summed E-state index contributed by atoms with van der Waals surface area (Å²) >= 11 is 3.49. The number of hydrogen-bond donors (Lipinski definition) is 0. The van der Waals surface area contributed by atoms with Gasteiger partial charge < -0.3 is 4.74 Å². The van der Waals surface area contributed by atoms with Gasteiger partial charge in [0.1, 0.15) is 0 Å². The van der Waals surface area contributed by atoms with E-state index < -0.39 is 0 Å². The summed E-state index contributed by atoms with van der Waals surface area (Å²) in [5.41, 5.74) is 2.51. The largest absolute Gasteiger partial charge is 0.375 e. The second-order valence-electron chi connectivity index (χ2n) is 6.22. The van der Waals surface area contributed by atoms with Crippen molar-refractivity contribution in [3.05, 3.63) is 64.4 Å². The van der Waals surface area contributed by atoms with Crippen LogP contribution in [-0.4, -0.2) is 54.6 Å². The predicted octanol–water partition coefficient (Wildman–Crippen LogP) is 3.35. The Balaban J connectivity index is 1.49. The third-order valence-electron chi connectivity index (χ3n) is 4.51. The zero-order chi connectivity index (χ0) is 16.8. The van der Waals surface area contributed by atoms with Crippen LogP contribution in [0.5, 0.6) is 0 Å². The highest BCUT2D eigenvalue weighted by molar-refractivity contribution is 9.10. The maximum absolute atomic E-state index is 5.71. The minimum absolute atomic E-state index is 0.145. The lowest BCUT2D eigenvalue weighted by Crippen LogP contribution is -2.47. The average molecular weight is 390 g/mol. The number of hydrogen-bond acceptors (Lipinski definition) is 4. The molecule has 1 aliphatic heterocycles.